The summed E-state index contributed by atoms with van der Waals surface area (Å²) in [7, 11) is 0. The van der Waals surface area contributed by atoms with Crippen LogP contribution in [-0.2, 0) is 0 Å². The molecule has 78 valence electrons. The van der Waals surface area contributed by atoms with Crippen LogP contribution in [0.4, 0.5) is 0 Å². The third kappa shape index (κ3) is 1.80. The zero-order valence-corrected chi connectivity index (χ0v) is 9.60. The molecule has 2 aliphatic carbocycles. The van der Waals surface area contributed by atoms with Crippen molar-refractivity contribution < 1.29 is 0 Å². The zero-order valence-electron chi connectivity index (χ0n) is 9.60. The molecular weight excluding hydrogens is 168 g/mol. The molecule has 0 saturated carbocycles. The molecule has 1 atom stereocenters. The standard InChI is InChI=1S/C14H22/c1-3-4-7-12-10-13-8-5-6-9-14(13)11(12)2/h10-11H,3-9H2,1-2H3. The molecule has 0 heterocycles. The van der Waals surface area contributed by atoms with E-state index >= 15 is 0 Å². The highest BCUT2D eigenvalue weighted by atomic mass is 14.3. The Morgan fingerprint density at radius 1 is 1.29 bits per heavy atom. The van der Waals surface area contributed by atoms with E-state index in [4.69, 9.17) is 0 Å². The first-order chi connectivity index (χ1) is 6.83. The van der Waals surface area contributed by atoms with Crippen LogP contribution in [0.25, 0.3) is 0 Å². The molecule has 0 aromatic heterocycles. The molecule has 2 aliphatic rings. The molecule has 0 heteroatoms. The fourth-order valence-electron chi connectivity index (χ4n) is 2.85. The second-order valence-corrected chi connectivity index (χ2v) is 4.80. The average molecular weight is 190 g/mol. The van der Waals surface area contributed by atoms with Crippen molar-refractivity contribution in [1.82, 2.24) is 0 Å². The number of hydrogen-bond acceptors (Lipinski definition) is 0. The van der Waals surface area contributed by atoms with Crippen molar-refractivity contribution in [1.29, 1.82) is 0 Å². The van der Waals surface area contributed by atoms with Crippen LogP contribution in [0.2, 0.25) is 0 Å². The Hall–Kier alpha value is -0.520. The Bertz CT molecular complexity index is 268. The first kappa shape index (κ1) is 10.0. The summed E-state index contributed by atoms with van der Waals surface area (Å²) in [4.78, 5) is 0. The van der Waals surface area contributed by atoms with Crippen molar-refractivity contribution >= 4 is 0 Å². The molecule has 0 fully saturated rings. The van der Waals surface area contributed by atoms with Gasteiger partial charge in [-0.2, -0.15) is 0 Å². The van der Waals surface area contributed by atoms with Crippen molar-refractivity contribution in [3.63, 3.8) is 0 Å². The zero-order chi connectivity index (χ0) is 9.97. The summed E-state index contributed by atoms with van der Waals surface area (Å²) in [5, 5.41) is 0. The van der Waals surface area contributed by atoms with Gasteiger partial charge in [0.1, 0.15) is 0 Å². The van der Waals surface area contributed by atoms with E-state index in [-0.39, 0.29) is 0 Å². The molecule has 2 rings (SSSR count). The van der Waals surface area contributed by atoms with Crippen molar-refractivity contribution in [2.24, 2.45) is 5.92 Å². The van der Waals surface area contributed by atoms with E-state index in [2.05, 4.69) is 19.9 Å². The van der Waals surface area contributed by atoms with Crippen LogP contribution in [0.1, 0.15) is 58.8 Å². The molecule has 0 spiro atoms. The molecule has 0 aromatic rings. The third-order valence-corrected chi connectivity index (χ3v) is 3.81. The second kappa shape index (κ2) is 4.33. The molecule has 0 aromatic carbocycles. The predicted octanol–water partition coefficient (Wildman–Crippen LogP) is 4.62. The SMILES string of the molecule is CCCCC1=CC2=C(CCCC2)C1C. The average Bonchev–Trinajstić information content (AvgIpc) is 2.54. The summed E-state index contributed by atoms with van der Waals surface area (Å²) in [6.07, 6.45) is 12.1. The van der Waals surface area contributed by atoms with E-state index in [0.717, 1.165) is 5.92 Å². The highest BCUT2D eigenvalue weighted by molar-refractivity contribution is 5.42. The van der Waals surface area contributed by atoms with Gasteiger partial charge in [0, 0.05) is 0 Å². The fraction of sp³-hybridized carbons (Fsp3) is 0.714. The smallest absolute Gasteiger partial charge is 0.00124 e. The molecule has 14 heavy (non-hydrogen) atoms. The number of allylic oxidation sites excluding steroid dienone is 4. The highest BCUT2D eigenvalue weighted by Gasteiger charge is 2.24. The van der Waals surface area contributed by atoms with Crippen LogP contribution in [0, 0.1) is 5.92 Å². The van der Waals surface area contributed by atoms with Gasteiger partial charge in [-0.25, -0.2) is 0 Å². The minimum absolute atomic E-state index is 0.789. The summed E-state index contributed by atoms with van der Waals surface area (Å²) >= 11 is 0. The Balaban J connectivity index is 2.04. The maximum absolute atomic E-state index is 2.52. The third-order valence-electron chi connectivity index (χ3n) is 3.81. The normalized spacial score (nSPS) is 26.4. The molecule has 1 unspecified atom stereocenters. The molecule has 0 amide bonds. The van der Waals surface area contributed by atoms with Gasteiger partial charge in [-0.1, -0.05) is 37.5 Å². The van der Waals surface area contributed by atoms with Crippen LogP contribution in [0.15, 0.2) is 22.8 Å². The van der Waals surface area contributed by atoms with Gasteiger partial charge in [0.25, 0.3) is 0 Å². The minimum atomic E-state index is 0.789. The van der Waals surface area contributed by atoms with Crippen molar-refractivity contribution in [3.05, 3.63) is 22.8 Å². The fourth-order valence-corrected chi connectivity index (χ4v) is 2.85. The lowest BCUT2D eigenvalue weighted by molar-refractivity contribution is 0.621. The Kier molecular flexibility index (Phi) is 3.10. The van der Waals surface area contributed by atoms with Gasteiger partial charge in [-0.05, 0) is 50.0 Å². The quantitative estimate of drug-likeness (QED) is 0.609. The Morgan fingerprint density at radius 3 is 2.79 bits per heavy atom. The van der Waals surface area contributed by atoms with E-state index in [9.17, 15) is 0 Å². The molecule has 0 aliphatic heterocycles. The van der Waals surface area contributed by atoms with E-state index in [1.54, 1.807) is 16.7 Å². The van der Waals surface area contributed by atoms with Crippen LogP contribution in [0.5, 0.6) is 0 Å². The van der Waals surface area contributed by atoms with Crippen molar-refractivity contribution in [3.8, 4) is 0 Å². The number of hydrogen-bond donors (Lipinski definition) is 0. The maximum Gasteiger partial charge on any atom is -0.00124 e. The monoisotopic (exact) mass is 190 g/mol. The van der Waals surface area contributed by atoms with Crippen molar-refractivity contribution in [2.45, 2.75) is 58.8 Å². The van der Waals surface area contributed by atoms with E-state index in [0.29, 0.717) is 0 Å². The van der Waals surface area contributed by atoms with Gasteiger partial charge in [-0.3, -0.25) is 0 Å². The Morgan fingerprint density at radius 2 is 2.07 bits per heavy atom. The first-order valence-corrected chi connectivity index (χ1v) is 6.25. The van der Waals surface area contributed by atoms with Crippen molar-refractivity contribution in [2.75, 3.05) is 0 Å². The lowest BCUT2D eigenvalue weighted by Gasteiger charge is -2.18. The predicted molar refractivity (Wildman–Crippen MR) is 62.3 cm³/mol. The number of rotatable bonds is 3. The summed E-state index contributed by atoms with van der Waals surface area (Å²) in [6, 6.07) is 0. The van der Waals surface area contributed by atoms with E-state index in [1.165, 1.54) is 44.9 Å². The second-order valence-electron chi connectivity index (χ2n) is 4.80. The first-order valence-electron chi connectivity index (χ1n) is 6.25. The highest BCUT2D eigenvalue weighted by Crippen LogP contribution is 2.41. The largest absolute Gasteiger partial charge is 0.0654 e. The molecule has 0 bridgehead atoms. The van der Waals surface area contributed by atoms with Crippen LogP contribution in [-0.4, -0.2) is 0 Å². The van der Waals surface area contributed by atoms with Gasteiger partial charge < -0.3 is 0 Å². The van der Waals surface area contributed by atoms with E-state index in [1.807, 2.05) is 0 Å². The molecule has 0 saturated heterocycles. The summed E-state index contributed by atoms with van der Waals surface area (Å²) in [5.74, 6) is 0.789. The van der Waals surface area contributed by atoms with Crippen LogP contribution < -0.4 is 0 Å². The lowest BCUT2D eigenvalue weighted by Crippen LogP contribution is -2.03. The maximum atomic E-state index is 2.52. The summed E-state index contributed by atoms with van der Waals surface area (Å²) in [5.41, 5.74) is 5.20. The lowest BCUT2D eigenvalue weighted by atomic mass is 9.87. The number of unbranched alkanes of at least 4 members (excludes halogenated alkanes) is 1. The van der Waals surface area contributed by atoms with Crippen LogP contribution in [0.3, 0.4) is 0 Å². The van der Waals surface area contributed by atoms with E-state index < -0.39 is 0 Å². The summed E-state index contributed by atoms with van der Waals surface area (Å²) in [6.45, 7) is 4.70. The van der Waals surface area contributed by atoms with Gasteiger partial charge in [0.2, 0.25) is 0 Å². The minimum Gasteiger partial charge on any atom is -0.0654 e. The molecular formula is C14H22. The summed E-state index contributed by atoms with van der Waals surface area (Å²) < 4.78 is 0. The van der Waals surface area contributed by atoms with Gasteiger partial charge in [0.15, 0.2) is 0 Å². The molecule has 0 nitrogen and oxygen atoms in total. The molecule has 0 radical (unpaired) electrons. The van der Waals surface area contributed by atoms with Crippen LogP contribution >= 0.6 is 0 Å². The van der Waals surface area contributed by atoms with Gasteiger partial charge in [0.05, 0.1) is 0 Å². The topological polar surface area (TPSA) is 0 Å². The van der Waals surface area contributed by atoms with Gasteiger partial charge in [-0.15, -0.1) is 0 Å². The Labute approximate surface area is 88.1 Å². The van der Waals surface area contributed by atoms with Gasteiger partial charge >= 0.3 is 0 Å². The molecule has 0 N–H and O–H groups in total.